The quantitative estimate of drug-likeness (QED) is 0.635. The first-order valence-electron chi connectivity index (χ1n) is 9.27. The van der Waals surface area contributed by atoms with Gasteiger partial charge in [0.15, 0.2) is 5.69 Å². The lowest BCUT2D eigenvalue weighted by Gasteiger charge is -2.32. The van der Waals surface area contributed by atoms with Crippen molar-refractivity contribution in [3.63, 3.8) is 0 Å². The van der Waals surface area contributed by atoms with E-state index in [1.54, 1.807) is 0 Å². The highest BCUT2D eigenvalue weighted by molar-refractivity contribution is 7.09. The van der Waals surface area contributed by atoms with Gasteiger partial charge in [-0.05, 0) is 44.3 Å². The third kappa shape index (κ3) is 5.54. The summed E-state index contributed by atoms with van der Waals surface area (Å²) in [7, 11) is 0. The molecule has 9 heteroatoms. The third-order valence-corrected chi connectivity index (χ3v) is 5.03. The van der Waals surface area contributed by atoms with E-state index in [-0.39, 0.29) is 28.7 Å². The normalized spacial score (nSPS) is 12.3. The molecule has 0 unspecified atom stereocenters. The van der Waals surface area contributed by atoms with Crippen LogP contribution < -0.4 is 16.8 Å². The standard InChI is InChI=1S/C20H27N5O3S/c1-5-13(18(27)23-20(2,3)4)25(11-12-9-7-6-8-10-12)19(28)16-14(21)15(17(22)26)24-29-16/h6-10,13H,5,11,21H2,1-4H3,(H2,22,26)(H,23,27)/t13-/m0/s1. The average Bonchev–Trinajstić information content (AvgIpc) is 3.02. The Hall–Kier alpha value is -2.94. The Labute approximate surface area is 174 Å². The summed E-state index contributed by atoms with van der Waals surface area (Å²) in [6.45, 7) is 7.67. The summed E-state index contributed by atoms with van der Waals surface area (Å²) in [6, 6.07) is 8.62. The van der Waals surface area contributed by atoms with Crippen LogP contribution in [0.5, 0.6) is 0 Å². The molecule has 1 atom stereocenters. The number of benzene rings is 1. The van der Waals surface area contributed by atoms with Crippen molar-refractivity contribution in [2.75, 3.05) is 5.73 Å². The lowest BCUT2D eigenvalue weighted by Crippen LogP contribution is -2.53. The zero-order valence-electron chi connectivity index (χ0n) is 17.1. The van der Waals surface area contributed by atoms with Gasteiger partial charge in [0.25, 0.3) is 11.8 Å². The molecule has 0 radical (unpaired) electrons. The smallest absolute Gasteiger partial charge is 0.270 e. The van der Waals surface area contributed by atoms with Gasteiger partial charge in [0.2, 0.25) is 5.91 Å². The molecule has 5 N–H and O–H groups in total. The molecule has 0 bridgehead atoms. The van der Waals surface area contributed by atoms with Crippen LogP contribution >= 0.6 is 11.5 Å². The molecule has 0 aliphatic carbocycles. The molecule has 29 heavy (non-hydrogen) atoms. The molecular weight excluding hydrogens is 390 g/mol. The summed E-state index contributed by atoms with van der Waals surface area (Å²) in [5.41, 5.74) is 11.4. The van der Waals surface area contributed by atoms with Crippen LogP contribution in [0.15, 0.2) is 30.3 Å². The maximum Gasteiger partial charge on any atom is 0.270 e. The Balaban J connectivity index is 2.44. The van der Waals surface area contributed by atoms with Gasteiger partial charge >= 0.3 is 0 Å². The molecule has 0 aliphatic rings. The van der Waals surface area contributed by atoms with E-state index in [1.165, 1.54) is 4.90 Å². The van der Waals surface area contributed by atoms with Crippen LogP contribution in [0.4, 0.5) is 5.69 Å². The van der Waals surface area contributed by atoms with E-state index < -0.39 is 23.4 Å². The third-order valence-electron chi connectivity index (χ3n) is 4.18. The minimum atomic E-state index is -0.801. The Kier molecular flexibility index (Phi) is 6.97. The van der Waals surface area contributed by atoms with Gasteiger partial charge in [-0.1, -0.05) is 37.3 Å². The number of primary amides is 1. The van der Waals surface area contributed by atoms with Gasteiger partial charge in [-0.2, -0.15) is 4.37 Å². The molecule has 2 aromatic rings. The van der Waals surface area contributed by atoms with Gasteiger partial charge in [0.1, 0.15) is 10.9 Å². The molecule has 2 rings (SSSR count). The summed E-state index contributed by atoms with van der Waals surface area (Å²) in [4.78, 5) is 39.3. The van der Waals surface area contributed by atoms with Crippen LogP contribution in [-0.2, 0) is 11.3 Å². The number of nitrogen functional groups attached to an aromatic ring is 1. The number of anilines is 1. The Morgan fingerprint density at radius 3 is 2.31 bits per heavy atom. The predicted molar refractivity (Wildman–Crippen MR) is 113 cm³/mol. The second-order valence-corrected chi connectivity index (χ2v) is 8.49. The molecule has 0 fully saturated rings. The van der Waals surface area contributed by atoms with Crippen molar-refractivity contribution in [3.05, 3.63) is 46.5 Å². The molecule has 156 valence electrons. The van der Waals surface area contributed by atoms with Gasteiger partial charge in [-0.3, -0.25) is 14.4 Å². The Morgan fingerprint density at radius 2 is 1.83 bits per heavy atom. The first kappa shape index (κ1) is 22.4. The topological polar surface area (TPSA) is 131 Å². The molecule has 1 heterocycles. The maximum absolute atomic E-state index is 13.4. The van der Waals surface area contributed by atoms with Crippen LogP contribution in [-0.4, -0.2) is 38.6 Å². The number of rotatable bonds is 7. The van der Waals surface area contributed by atoms with Crippen LogP contribution in [0.2, 0.25) is 0 Å². The van der Waals surface area contributed by atoms with Crippen molar-refractivity contribution in [1.82, 2.24) is 14.6 Å². The molecule has 3 amide bonds. The highest BCUT2D eigenvalue weighted by atomic mass is 32.1. The van der Waals surface area contributed by atoms with Gasteiger partial charge in [-0.25, -0.2) is 0 Å². The number of amides is 3. The minimum Gasteiger partial charge on any atom is -0.395 e. The second-order valence-electron chi connectivity index (χ2n) is 7.72. The van der Waals surface area contributed by atoms with Gasteiger partial charge in [-0.15, -0.1) is 0 Å². The zero-order chi connectivity index (χ0) is 21.8. The lowest BCUT2D eigenvalue weighted by molar-refractivity contribution is -0.127. The Bertz CT molecular complexity index is 889. The SMILES string of the molecule is CC[C@@H](C(=O)NC(C)(C)C)N(Cc1ccccc1)C(=O)c1snc(C(N)=O)c1N. The van der Waals surface area contributed by atoms with E-state index in [2.05, 4.69) is 9.69 Å². The number of nitrogens with one attached hydrogen (secondary N) is 1. The predicted octanol–water partition coefficient (Wildman–Crippen LogP) is 2.16. The average molecular weight is 418 g/mol. The van der Waals surface area contributed by atoms with Crippen LogP contribution in [0.25, 0.3) is 0 Å². The number of nitrogens with two attached hydrogens (primary N) is 2. The number of aromatic nitrogens is 1. The molecule has 8 nitrogen and oxygen atoms in total. The van der Waals surface area contributed by atoms with Crippen molar-refractivity contribution < 1.29 is 14.4 Å². The van der Waals surface area contributed by atoms with Gasteiger partial charge in [0, 0.05) is 12.1 Å². The number of nitrogens with zero attached hydrogens (tertiary/aromatic N) is 2. The fourth-order valence-corrected chi connectivity index (χ4v) is 3.62. The zero-order valence-corrected chi connectivity index (χ0v) is 17.9. The lowest BCUT2D eigenvalue weighted by atomic mass is 10.1. The van der Waals surface area contributed by atoms with Gasteiger partial charge in [0.05, 0.1) is 5.69 Å². The number of carbonyl (C=O) groups excluding carboxylic acids is 3. The van der Waals surface area contributed by atoms with Crippen LogP contribution in [0.1, 0.15) is 59.8 Å². The largest absolute Gasteiger partial charge is 0.395 e. The molecule has 1 aromatic heterocycles. The number of carbonyl (C=O) groups is 3. The molecular formula is C20H27N5O3S. The molecule has 1 aromatic carbocycles. The van der Waals surface area contributed by atoms with E-state index in [9.17, 15) is 14.4 Å². The Morgan fingerprint density at radius 1 is 1.21 bits per heavy atom. The van der Waals surface area contributed by atoms with Crippen molar-refractivity contribution in [3.8, 4) is 0 Å². The summed E-state index contributed by atoms with van der Waals surface area (Å²) < 4.78 is 3.91. The fraction of sp³-hybridized carbons (Fsp3) is 0.400. The van der Waals surface area contributed by atoms with E-state index in [0.29, 0.717) is 6.42 Å². The van der Waals surface area contributed by atoms with Crippen molar-refractivity contribution in [2.24, 2.45) is 5.73 Å². The first-order chi connectivity index (χ1) is 13.5. The molecule has 0 aliphatic heterocycles. The number of hydrogen-bond acceptors (Lipinski definition) is 6. The first-order valence-corrected chi connectivity index (χ1v) is 10.0. The van der Waals surface area contributed by atoms with E-state index in [0.717, 1.165) is 17.1 Å². The molecule has 0 saturated carbocycles. The van der Waals surface area contributed by atoms with Gasteiger partial charge < -0.3 is 21.7 Å². The van der Waals surface area contributed by atoms with E-state index in [4.69, 9.17) is 11.5 Å². The highest BCUT2D eigenvalue weighted by Gasteiger charge is 2.33. The molecule has 0 spiro atoms. The highest BCUT2D eigenvalue weighted by Crippen LogP contribution is 2.26. The molecule has 0 saturated heterocycles. The van der Waals surface area contributed by atoms with Crippen LogP contribution in [0, 0.1) is 0 Å². The van der Waals surface area contributed by atoms with E-state index >= 15 is 0 Å². The van der Waals surface area contributed by atoms with Crippen LogP contribution in [0.3, 0.4) is 0 Å². The summed E-state index contributed by atoms with van der Waals surface area (Å²) >= 11 is 0.805. The summed E-state index contributed by atoms with van der Waals surface area (Å²) in [6.07, 6.45) is 0.405. The maximum atomic E-state index is 13.4. The summed E-state index contributed by atoms with van der Waals surface area (Å²) in [5, 5.41) is 2.93. The van der Waals surface area contributed by atoms with Crippen molar-refractivity contribution in [1.29, 1.82) is 0 Å². The minimum absolute atomic E-state index is 0.0587. The second kappa shape index (κ2) is 9.04. The summed E-state index contributed by atoms with van der Waals surface area (Å²) in [5.74, 6) is -1.53. The van der Waals surface area contributed by atoms with E-state index in [1.807, 2.05) is 58.0 Å². The fourth-order valence-electron chi connectivity index (χ4n) is 2.86. The van der Waals surface area contributed by atoms with Crippen molar-refractivity contribution >= 4 is 34.9 Å². The van der Waals surface area contributed by atoms with Crippen molar-refractivity contribution in [2.45, 2.75) is 52.2 Å². The monoisotopic (exact) mass is 417 g/mol. The number of hydrogen-bond donors (Lipinski definition) is 3.